The molecule has 0 fully saturated rings. The number of ether oxygens (including phenoxy) is 2. The molecule has 0 saturated heterocycles. The van der Waals surface area contributed by atoms with Crippen molar-refractivity contribution in [2.75, 3.05) is 26.4 Å². The summed E-state index contributed by atoms with van der Waals surface area (Å²) in [4.78, 5) is 0. The fourth-order valence-corrected chi connectivity index (χ4v) is 2.81. The van der Waals surface area contributed by atoms with Gasteiger partial charge in [0, 0.05) is 0 Å². The van der Waals surface area contributed by atoms with Crippen molar-refractivity contribution in [3.63, 3.8) is 0 Å². The molecule has 0 saturated carbocycles. The summed E-state index contributed by atoms with van der Waals surface area (Å²) in [6.45, 7) is 1.02. The number of benzene rings is 2. The van der Waals surface area contributed by atoms with Crippen molar-refractivity contribution in [3.8, 4) is 11.5 Å². The molecule has 5 heteroatoms. The Bertz CT molecular complexity index is 641. The fraction of sp³-hybridized carbons (Fsp3) is 0.478. The maximum absolute atomic E-state index is 9.24. The van der Waals surface area contributed by atoms with Crippen molar-refractivity contribution < 1.29 is 19.7 Å². The zero-order chi connectivity index (χ0) is 20.1. The van der Waals surface area contributed by atoms with Gasteiger partial charge in [0.1, 0.15) is 11.5 Å². The Labute approximate surface area is 168 Å². The molecule has 2 aromatic carbocycles. The van der Waals surface area contributed by atoms with E-state index in [0.717, 1.165) is 49.4 Å². The lowest BCUT2D eigenvalue weighted by molar-refractivity contribution is 0.115. The summed E-state index contributed by atoms with van der Waals surface area (Å²) in [7, 11) is 0. The van der Waals surface area contributed by atoms with Crippen LogP contribution < -0.4 is 15.2 Å². The molecule has 0 aliphatic carbocycles. The first-order chi connectivity index (χ1) is 13.6. The van der Waals surface area contributed by atoms with Gasteiger partial charge in [-0.15, -0.1) is 0 Å². The van der Waals surface area contributed by atoms with Crippen LogP contribution in [-0.2, 0) is 6.42 Å². The maximum Gasteiger partial charge on any atom is 0.119 e. The maximum atomic E-state index is 9.24. The Balaban J connectivity index is 1.53. The van der Waals surface area contributed by atoms with Gasteiger partial charge in [-0.2, -0.15) is 0 Å². The molecule has 0 atom stereocenters. The third kappa shape index (κ3) is 8.30. The van der Waals surface area contributed by atoms with E-state index in [9.17, 15) is 10.2 Å². The predicted octanol–water partition coefficient (Wildman–Crippen LogP) is 3.32. The summed E-state index contributed by atoms with van der Waals surface area (Å²) < 4.78 is 11.5. The molecule has 5 nitrogen and oxygen atoms in total. The van der Waals surface area contributed by atoms with Gasteiger partial charge in [-0.1, -0.05) is 30.3 Å². The quantitative estimate of drug-likeness (QED) is 0.433. The Morgan fingerprint density at radius 2 is 1.25 bits per heavy atom. The number of hydrogen-bond donors (Lipinski definition) is 3. The van der Waals surface area contributed by atoms with Gasteiger partial charge in [0.15, 0.2) is 0 Å². The number of para-hydroxylation sites is 1. The summed E-state index contributed by atoms with van der Waals surface area (Å²) in [6, 6.07) is 17.8. The van der Waals surface area contributed by atoms with Crippen LogP contribution in [0.1, 0.15) is 37.7 Å². The number of unbranched alkanes of at least 4 members (excludes halogenated alkanes) is 3. The van der Waals surface area contributed by atoms with Crippen LogP contribution in [-0.4, -0.2) is 42.2 Å². The average molecular weight is 388 g/mol. The molecule has 0 aliphatic rings. The molecule has 0 spiro atoms. The Hall–Kier alpha value is -2.08. The first kappa shape index (κ1) is 22.2. The summed E-state index contributed by atoms with van der Waals surface area (Å²) in [5, 5.41) is 18.5. The topological polar surface area (TPSA) is 84.9 Å². The van der Waals surface area contributed by atoms with Crippen molar-refractivity contribution >= 4 is 0 Å². The third-order valence-corrected chi connectivity index (χ3v) is 4.78. The number of hydrogen-bond acceptors (Lipinski definition) is 5. The highest BCUT2D eigenvalue weighted by molar-refractivity contribution is 5.27. The summed E-state index contributed by atoms with van der Waals surface area (Å²) in [6.07, 6.45) is 5.57. The van der Waals surface area contributed by atoms with E-state index >= 15 is 0 Å². The first-order valence-corrected chi connectivity index (χ1v) is 10.1. The minimum absolute atomic E-state index is 0.219. The third-order valence-electron chi connectivity index (χ3n) is 4.78. The van der Waals surface area contributed by atoms with E-state index in [-0.39, 0.29) is 13.2 Å². The largest absolute Gasteiger partial charge is 0.494 e. The first-order valence-electron chi connectivity index (χ1n) is 10.1. The van der Waals surface area contributed by atoms with E-state index in [1.165, 1.54) is 0 Å². The monoisotopic (exact) mass is 387 g/mol. The van der Waals surface area contributed by atoms with Gasteiger partial charge in [0.25, 0.3) is 0 Å². The minimum atomic E-state index is -0.915. The highest BCUT2D eigenvalue weighted by Crippen LogP contribution is 2.17. The van der Waals surface area contributed by atoms with E-state index < -0.39 is 5.54 Å². The molecule has 0 bridgehead atoms. The van der Waals surface area contributed by atoms with Gasteiger partial charge in [0.05, 0.1) is 32.0 Å². The molecule has 0 amide bonds. The Kier molecular flexibility index (Phi) is 9.83. The minimum Gasteiger partial charge on any atom is -0.494 e. The van der Waals surface area contributed by atoms with Crippen LogP contribution in [0.3, 0.4) is 0 Å². The molecule has 0 radical (unpaired) electrons. The molecule has 2 rings (SSSR count). The van der Waals surface area contributed by atoms with Crippen LogP contribution in [0.25, 0.3) is 0 Å². The van der Waals surface area contributed by atoms with Crippen molar-refractivity contribution in [2.45, 2.75) is 44.1 Å². The van der Waals surface area contributed by atoms with Crippen LogP contribution in [0.4, 0.5) is 0 Å². The van der Waals surface area contributed by atoms with Gasteiger partial charge in [-0.05, 0) is 68.4 Å². The molecule has 2 aromatic rings. The number of nitrogens with two attached hydrogens (primary N) is 1. The lowest BCUT2D eigenvalue weighted by Gasteiger charge is -2.24. The second-order valence-electron chi connectivity index (χ2n) is 7.25. The van der Waals surface area contributed by atoms with Crippen LogP contribution in [0, 0.1) is 0 Å². The lowest BCUT2D eigenvalue weighted by atomic mass is 9.94. The van der Waals surface area contributed by atoms with Crippen molar-refractivity contribution in [1.82, 2.24) is 0 Å². The highest BCUT2D eigenvalue weighted by Gasteiger charge is 2.22. The second-order valence-corrected chi connectivity index (χ2v) is 7.25. The molecule has 0 aliphatic heterocycles. The van der Waals surface area contributed by atoms with Gasteiger partial charge in [0.2, 0.25) is 0 Å². The smallest absolute Gasteiger partial charge is 0.119 e. The highest BCUT2D eigenvalue weighted by atomic mass is 16.5. The SMILES string of the molecule is NC(CO)(CO)CCc1ccc(OCCCCCCOc2ccccc2)cc1. The summed E-state index contributed by atoms with van der Waals surface area (Å²) >= 11 is 0. The molecule has 154 valence electrons. The Morgan fingerprint density at radius 1 is 0.714 bits per heavy atom. The number of rotatable bonds is 14. The zero-order valence-electron chi connectivity index (χ0n) is 16.6. The van der Waals surface area contributed by atoms with Gasteiger partial charge < -0.3 is 25.4 Å². The van der Waals surface area contributed by atoms with Gasteiger partial charge in [-0.25, -0.2) is 0 Å². The second kappa shape index (κ2) is 12.4. The molecule has 0 unspecified atom stereocenters. The van der Waals surface area contributed by atoms with E-state index in [1.807, 2.05) is 54.6 Å². The van der Waals surface area contributed by atoms with Gasteiger partial charge in [-0.3, -0.25) is 0 Å². The van der Waals surface area contributed by atoms with Gasteiger partial charge >= 0.3 is 0 Å². The van der Waals surface area contributed by atoms with E-state index in [4.69, 9.17) is 15.2 Å². The molecule has 28 heavy (non-hydrogen) atoms. The Morgan fingerprint density at radius 3 is 1.79 bits per heavy atom. The van der Waals surface area contributed by atoms with Crippen molar-refractivity contribution in [3.05, 3.63) is 60.2 Å². The van der Waals surface area contributed by atoms with E-state index in [0.29, 0.717) is 19.4 Å². The fourth-order valence-electron chi connectivity index (χ4n) is 2.81. The van der Waals surface area contributed by atoms with E-state index in [2.05, 4.69) is 0 Å². The molecular weight excluding hydrogens is 354 g/mol. The average Bonchev–Trinajstić information content (AvgIpc) is 2.75. The lowest BCUT2D eigenvalue weighted by Crippen LogP contribution is -2.47. The summed E-state index contributed by atoms with van der Waals surface area (Å²) in [5.74, 6) is 1.79. The van der Waals surface area contributed by atoms with Crippen LogP contribution >= 0.6 is 0 Å². The van der Waals surface area contributed by atoms with Crippen LogP contribution in [0.2, 0.25) is 0 Å². The predicted molar refractivity (Wildman–Crippen MR) is 112 cm³/mol. The standard InChI is InChI=1S/C23H33NO4/c24-23(18-25,19-26)15-14-20-10-12-22(13-11-20)28-17-7-2-1-6-16-27-21-8-4-3-5-9-21/h3-5,8-13,25-26H,1-2,6-7,14-19,24H2. The normalized spacial score (nSPS) is 11.4. The number of aliphatic hydroxyl groups excluding tert-OH is 2. The van der Waals surface area contributed by atoms with E-state index in [1.54, 1.807) is 0 Å². The molecule has 0 aromatic heterocycles. The molecular formula is C23H33NO4. The number of aliphatic hydroxyl groups is 2. The zero-order valence-corrected chi connectivity index (χ0v) is 16.6. The van der Waals surface area contributed by atoms with Crippen molar-refractivity contribution in [1.29, 1.82) is 0 Å². The van der Waals surface area contributed by atoms with Crippen LogP contribution in [0.5, 0.6) is 11.5 Å². The molecule has 4 N–H and O–H groups in total. The van der Waals surface area contributed by atoms with Crippen LogP contribution in [0.15, 0.2) is 54.6 Å². The summed E-state index contributed by atoms with van der Waals surface area (Å²) in [5.41, 5.74) is 6.09. The number of aryl methyl sites for hydroxylation is 1. The van der Waals surface area contributed by atoms with Crippen molar-refractivity contribution in [2.24, 2.45) is 5.73 Å². The molecule has 0 heterocycles.